The molecule has 0 aliphatic heterocycles. The molecule has 4 rings (SSSR count). The van der Waals surface area contributed by atoms with Gasteiger partial charge in [0.25, 0.3) is 5.91 Å². The Morgan fingerprint density at radius 3 is 2.77 bits per heavy atom. The zero-order valence-corrected chi connectivity index (χ0v) is 17.2. The van der Waals surface area contributed by atoms with E-state index in [1.165, 1.54) is 0 Å². The van der Waals surface area contributed by atoms with E-state index in [0.29, 0.717) is 18.7 Å². The van der Waals surface area contributed by atoms with E-state index in [0.717, 1.165) is 28.0 Å². The molecule has 1 atom stereocenters. The van der Waals surface area contributed by atoms with Crippen molar-refractivity contribution in [3.8, 4) is 11.4 Å². The third-order valence-corrected chi connectivity index (χ3v) is 4.71. The van der Waals surface area contributed by atoms with Crippen molar-refractivity contribution in [2.75, 3.05) is 6.61 Å². The summed E-state index contributed by atoms with van der Waals surface area (Å²) < 4.78 is 7.59. The van der Waals surface area contributed by atoms with Gasteiger partial charge >= 0.3 is 0 Å². The zero-order chi connectivity index (χ0) is 20.9. The number of aromatic nitrogens is 3. The average Bonchev–Trinajstić information content (AvgIpc) is 3.20. The van der Waals surface area contributed by atoms with Crippen molar-refractivity contribution in [2.45, 2.75) is 18.8 Å². The second-order valence-corrected chi connectivity index (χ2v) is 7.69. The number of fused-ring (bicyclic) bond motifs is 1. The second kappa shape index (κ2) is 8.97. The van der Waals surface area contributed by atoms with Crippen molar-refractivity contribution < 1.29 is 9.53 Å². The molecule has 0 saturated heterocycles. The van der Waals surface area contributed by atoms with Gasteiger partial charge in [-0.15, -0.1) is 11.6 Å². The maximum atomic E-state index is 12.5. The molecule has 0 aliphatic rings. The molecule has 0 radical (unpaired) electrons. The van der Waals surface area contributed by atoms with Crippen LogP contribution < -0.4 is 10.1 Å². The van der Waals surface area contributed by atoms with Gasteiger partial charge in [-0.05, 0) is 61.0 Å². The third-order valence-electron chi connectivity index (χ3n) is 4.58. The number of amides is 1. The van der Waals surface area contributed by atoms with Crippen LogP contribution in [-0.2, 0) is 6.54 Å². The van der Waals surface area contributed by atoms with Gasteiger partial charge in [-0.1, -0.05) is 6.07 Å². The first kappa shape index (κ1) is 19.9. The maximum Gasteiger partial charge on any atom is 0.251 e. The molecule has 7 heteroatoms. The van der Waals surface area contributed by atoms with E-state index in [-0.39, 0.29) is 11.3 Å². The minimum absolute atomic E-state index is 0.0435. The van der Waals surface area contributed by atoms with Gasteiger partial charge in [0.15, 0.2) is 0 Å². The number of nitrogens with zero attached hydrogens (tertiary/aromatic N) is 3. The molecule has 0 fully saturated rings. The van der Waals surface area contributed by atoms with Gasteiger partial charge in [0.1, 0.15) is 18.7 Å². The number of halogens is 1. The number of carbonyl (C=O) groups is 1. The van der Waals surface area contributed by atoms with Gasteiger partial charge in [0.05, 0.1) is 16.4 Å². The SMILES string of the molecule is CC(Cl)COc1ccc(-n2cnc3cc(C(=O)NCc4cccnc4)ccc32)cc1. The van der Waals surface area contributed by atoms with Crippen LogP contribution in [0.5, 0.6) is 5.75 Å². The molecule has 30 heavy (non-hydrogen) atoms. The smallest absolute Gasteiger partial charge is 0.251 e. The number of rotatable bonds is 7. The Bertz CT molecular complexity index is 1140. The van der Waals surface area contributed by atoms with Crippen LogP contribution >= 0.6 is 11.6 Å². The van der Waals surface area contributed by atoms with Gasteiger partial charge in [0, 0.05) is 30.2 Å². The number of pyridine rings is 1. The fraction of sp³-hybridized carbons (Fsp3) is 0.174. The topological polar surface area (TPSA) is 69.0 Å². The molecule has 1 unspecified atom stereocenters. The minimum atomic E-state index is -0.148. The number of hydrogen-bond acceptors (Lipinski definition) is 4. The molecule has 0 saturated carbocycles. The van der Waals surface area contributed by atoms with Gasteiger partial charge in [-0.3, -0.25) is 14.3 Å². The number of nitrogens with one attached hydrogen (secondary N) is 1. The monoisotopic (exact) mass is 420 g/mol. The van der Waals surface area contributed by atoms with Crippen molar-refractivity contribution >= 4 is 28.5 Å². The Morgan fingerprint density at radius 2 is 2.03 bits per heavy atom. The van der Waals surface area contributed by atoms with E-state index < -0.39 is 0 Å². The van der Waals surface area contributed by atoms with Crippen molar-refractivity contribution in [1.82, 2.24) is 19.9 Å². The summed E-state index contributed by atoms with van der Waals surface area (Å²) in [7, 11) is 0. The predicted octanol–water partition coefficient (Wildman–Crippen LogP) is 4.36. The second-order valence-electron chi connectivity index (χ2n) is 6.95. The first-order valence-corrected chi connectivity index (χ1v) is 10.1. The normalized spacial score (nSPS) is 11.9. The van der Waals surface area contributed by atoms with Crippen LogP contribution in [0.25, 0.3) is 16.7 Å². The number of alkyl halides is 1. The lowest BCUT2D eigenvalue weighted by Gasteiger charge is -2.09. The van der Waals surface area contributed by atoms with E-state index >= 15 is 0 Å². The summed E-state index contributed by atoms with van der Waals surface area (Å²) in [5.74, 6) is 0.619. The molecule has 4 aromatic rings. The van der Waals surface area contributed by atoms with E-state index in [1.807, 2.05) is 54.0 Å². The highest BCUT2D eigenvalue weighted by molar-refractivity contribution is 6.20. The van der Waals surface area contributed by atoms with Crippen LogP contribution in [0.3, 0.4) is 0 Å². The van der Waals surface area contributed by atoms with Crippen LogP contribution in [0, 0.1) is 0 Å². The average molecular weight is 421 g/mol. The van der Waals surface area contributed by atoms with Gasteiger partial charge in [-0.25, -0.2) is 4.98 Å². The van der Waals surface area contributed by atoms with Gasteiger partial charge in [-0.2, -0.15) is 0 Å². The predicted molar refractivity (Wildman–Crippen MR) is 117 cm³/mol. The number of carbonyl (C=O) groups excluding carboxylic acids is 1. The maximum absolute atomic E-state index is 12.5. The van der Waals surface area contributed by atoms with E-state index in [2.05, 4.69) is 15.3 Å². The van der Waals surface area contributed by atoms with Crippen LogP contribution in [0.1, 0.15) is 22.8 Å². The highest BCUT2D eigenvalue weighted by atomic mass is 35.5. The Labute approximate surface area is 179 Å². The van der Waals surface area contributed by atoms with Crippen LogP contribution in [0.15, 0.2) is 73.3 Å². The Kier molecular flexibility index (Phi) is 5.95. The summed E-state index contributed by atoms with van der Waals surface area (Å²) in [5, 5.41) is 2.86. The molecule has 2 aromatic carbocycles. The third kappa shape index (κ3) is 4.60. The zero-order valence-electron chi connectivity index (χ0n) is 16.5. The van der Waals surface area contributed by atoms with Crippen LogP contribution in [0.4, 0.5) is 0 Å². The summed E-state index contributed by atoms with van der Waals surface area (Å²) >= 11 is 5.92. The molecule has 152 valence electrons. The lowest BCUT2D eigenvalue weighted by atomic mass is 10.1. The fourth-order valence-electron chi connectivity index (χ4n) is 3.06. The molecule has 0 spiro atoms. The lowest BCUT2D eigenvalue weighted by Crippen LogP contribution is -2.22. The number of imidazole rings is 1. The quantitative estimate of drug-likeness (QED) is 0.451. The van der Waals surface area contributed by atoms with Gasteiger partial charge < -0.3 is 10.1 Å². The standard InChI is InChI=1S/C23H21ClN4O2/c1-16(24)14-30-20-7-5-19(6-8-20)28-15-27-21-11-18(4-9-22(21)28)23(29)26-13-17-3-2-10-25-12-17/h2-12,15-16H,13-14H2,1H3,(H,26,29). The molecule has 1 amide bonds. The molecule has 0 bridgehead atoms. The van der Waals surface area contributed by atoms with E-state index in [9.17, 15) is 4.79 Å². The summed E-state index contributed by atoms with van der Waals surface area (Å²) in [4.78, 5) is 21.0. The molecular weight excluding hydrogens is 400 g/mol. The fourth-order valence-corrected chi connectivity index (χ4v) is 3.12. The first-order valence-electron chi connectivity index (χ1n) is 9.61. The summed E-state index contributed by atoms with van der Waals surface area (Å²) in [6.45, 7) is 2.78. The molecule has 0 aliphatic carbocycles. The largest absolute Gasteiger partial charge is 0.492 e. The summed E-state index contributed by atoms with van der Waals surface area (Å²) in [5.41, 5.74) is 4.14. The van der Waals surface area contributed by atoms with E-state index in [1.54, 1.807) is 30.9 Å². The van der Waals surface area contributed by atoms with Crippen molar-refractivity contribution in [2.24, 2.45) is 0 Å². The lowest BCUT2D eigenvalue weighted by molar-refractivity contribution is 0.0951. The number of benzene rings is 2. The Morgan fingerprint density at radius 1 is 1.20 bits per heavy atom. The molecule has 2 aromatic heterocycles. The number of hydrogen-bond donors (Lipinski definition) is 1. The molecule has 2 heterocycles. The summed E-state index contributed by atoms with van der Waals surface area (Å²) in [6.07, 6.45) is 5.19. The number of ether oxygens (including phenoxy) is 1. The van der Waals surface area contributed by atoms with Crippen molar-refractivity contribution in [1.29, 1.82) is 0 Å². The van der Waals surface area contributed by atoms with Gasteiger partial charge in [0.2, 0.25) is 0 Å². The summed E-state index contributed by atoms with van der Waals surface area (Å²) in [6, 6.07) is 17.0. The van der Waals surface area contributed by atoms with Crippen molar-refractivity contribution in [3.05, 3.63) is 84.4 Å². The highest BCUT2D eigenvalue weighted by Crippen LogP contribution is 2.22. The Hall–Kier alpha value is -3.38. The van der Waals surface area contributed by atoms with Crippen LogP contribution in [0.2, 0.25) is 0 Å². The molecule has 6 nitrogen and oxygen atoms in total. The van der Waals surface area contributed by atoms with Crippen molar-refractivity contribution in [3.63, 3.8) is 0 Å². The Balaban J connectivity index is 1.48. The molecular formula is C23H21ClN4O2. The highest BCUT2D eigenvalue weighted by Gasteiger charge is 2.10. The molecule has 1 N–H and O–H groups in total. The first-order chi connectivity index (χ1) is 14.6. The minimum Gasteiger partial charge on any atom is -0.492 e. The van der Waals surface area contributed by atoms with Crippen LogP contribution in [-0.4, -0.2) is 32.4 Å². The van der Waals surface area contributed by atoms with E-state index in [4.69, 9.17) is 16.3 Å².